The molecule has 0 aliphatic carbocycles. The highest BCUT2D eigenvalue weighted by Gasteiger charge is 2.38. The molecule has 9 nitrogen and oxygen atoms in total. The van der Waals surface area contributed by atoms with Crippen LogP contribution in [0.25, 0.3) is 0 Å². The van der Waals surface area contributed by atoms with Gasteiger partial charge in [0.25, 0.3) is 5.69 Å². The number of dihydropyridines is 1. The summed E-state index contributed by atoms with van der Waals surface area (Å²) < 4.78 is 15.9. The Balaban J connectivity index is 2.02. The predicted molar refractivity (Wildman–Crippen MR) is 123 cm³/mol. The monoisotopic (exact) mass is 466 g/mol. The maximum atomic E-state index is 13.3. The van der Waals surface area contributed by atoms with Gasteiger partial charge in [-0.15, -0.1) is 0 Å². The van der Waals surface area contributed by atoms with Crippen molar-refractivity contribution >= 4 is 17.6 Å². The van der Waals surface area contributed by atoms with Crippen molar-refractivity contribution in [2.24, 2.45) is 0 Å². The Kier molecular flexibility index (Phi) is 8.15. The molecule has 1 aliphatic rings. The van der Waals surface area contributed by atoms with Crippen LogP contribution in [0.1, 0.15) is 30.9 Å². The Morgan fingerprint density at radius 3 is 2.21 bits per heavy atom. The van der Waals surface area contributed by atoms with Gasteiger partial charge in [-0.05, 0) is 25.0 Å². The number of allylic oxidation sites excluding steroid dienone is 2. The van der Waals surface area contributed by atoms with E-state index in [0.717, 1.165) is 5.56 Å². The van der Waals surface area contributed by atoms with Crippen molar-refractivity contribution in [1.29, 1.82) is 0 Å². The molecule has 1 heterocycles. The van der Waals surface area contributed by atoms with E-state index in [1.807, 2.05) is 30.3 Å². The van der Waals surface area contributed by atoms with Crippen LogP contribution in [0.2, 0.25) is 0 Å². The second-order valence-electron chi connectivity index (χ2n) is 7.68. The van der Waals surface area contributed by atoms with Crippen molar-refractivity contribution in [3.8, 4) is 0 Å². The standard InChI is InChI=1S/C25H26N2O7/c1-16-21(24(28)33-13-12-32-3)23(19-10-7-11-20(14-19)27(30)31)22(17(2)26-16)25(29)34-15-18-8-5-4-6-9-18/h4-11,14,23,26H,12-13,15H2,1-3H3. The number of nitrogens with one attached hydrogen (secondary N) is 1. The van der Waals surface area contributed by atoms with Crippen LogP contribution in [0.4, 0.5) is 5.69 Å². The SMILES string of the molecule is COCCOC(=O)C1=C(C)NC(C)=C(C(=O)OCc2ccccc2)C1c1cccc([N+](=O)[O-])c1. The molecular formula is C25H26N2O7. The first-order chi connectivity index (χ1) is 16.3. The number of carbonyl (C=O) groups excluding carboxylic acids is 2. The maximum Gasteiger partial charge on any atom is 0.337 e. The third-order valence-corrected chi connectivity index (χ3v) is 5.35. The van der Waals surface area contributed by atoms with E-state index in [1.54, 1.807) is 19.9 Å². The molecule has 0 spiro atoms. The molecule has 9 heteroatoms. The van der Waals surface area contributed by atoms with E-state index in [4.69, 9.17) is 14.2 Å². The number of nitro groups is 1. The van der Waals surface area contributed by atoms with Gasteiger partial charge in [-0.1, -0.05) is 42.5 Å². The van der Waals surface area contributed by atoms with Gasteiger partial charge in [-0.2, -0.15) is 0 Å². The number of methoxy groups -OCH3 is 1. The molecule has 0 saturated heterocycles. The summed E-state index contributed by atoms with van der Waals surface area (Å²) in [6.07, 6.45) is 0. The fourth-order valence-corrected chi connectivity index (χ4v) is 3.78. The van der Waals surface area contributed by atoms with E-state index in [1.165, 1.54) is 25.3 Å². The Labute approximate surface area is 197 Å². The molecule has 1 aliphatic heterocycles. The predicted octanol–water partition coefficient (Wildman–Crippen LogP) is 3.76. The van der Waals surface area contributed by atoms with Crippen LogP contribution in [0.5, 0.6) is 0 Å². The zero-order valence-electron chi connectivity index (χ0n) is 19.2. The molecule has 1 atom stereocenters. The van der Waals surface area contributed by atoms with Crippen LogP contribution >= 0.6 is 0 Å². The number of hydrogen-bond donors (Lipinski definition) is 1. The summed E-state index contributed by atoms with van der Waals surface area (Å²) in [7, 11) is 1.49. The second-order valence-corrected chi connectivity index (χ2v) is 7.68. The number of ether oxygens (including phenoxy) is 3. The summed E-state index contributed by atoms with van der Waals surface area (Å²) in [5.41, 5.74) is 2.37. The van der Waals surface area contributed by atoms with Crippen LogP contribution in [0.15, 0.2) is 77.1 Å². The number of non-ortho nitro benzene ring substituents is 1. The van der Waals surface area contributed by atoms with Gasteiger partial charge in [0, 0.05) is 30.6 Å². The van der Waals surface area contributed by atoms with E-state index < -0.39 is 22.8 Å². The number of benzene rings is 2. The van der Waals surface area contributed by atoms with Crippen LogP contribution < -0.4 is 5.32 Å². The second kappa shape index (κ2) is 11.2. The van der Waals surface area contributed by atoms with E-state index >= 15 is 0 Å². The fraction of sp³-hybridized carbons (Fsp3) is 0.280. The number of nitro benzene ring substituents is 1. The zero-order chi connectivity index (χ0) is 24.7. The molecule has 0 radical (unpaired) electrons. The average molecular weight is 466 g/mol. The highest BCUT2D eigenvalue weighted by molar-refractivity contribution is 6.00. The summed E-state index contributed by atoms with van der Waals surface area (Å²) in [6, 6.07) is 15.0. The van der Waals surface area contributed by atoms with Crippen molar-refractivity contribution < 1.29 is 28.7 Å². The largest absolute Gasteiger partial charge is 0.460 e. The summed E-state index contributed by atoms with van der Waals surface area (Å²) in [5.74, 6) is -2.21. The molecule has 178 valence electrons. The average Bonchev–Trinajstić information content (AvgIpc) is 2.82. The lowest BCUT2D eigenvalue weighted by molar-refractivity contribution is -0.384. The van der Waals surface area contributed by atoms with E-state index in [9.17, 15) is 19.7 Å². The highest BCUT2D eigenvalue weighted by atomic mass is 16.6. The van der Waals surface area contributed by atoms with Gasteiger partial charge in [0.15, 0.2) is 0 Å². The van der Waals surface area contributed by atoms with Crippen molar-refractivity contribution in [2.45, 2.75) is 26.4 Å². The minimum absolute atomic E-state index is 0.0181. The normalized spacial score (nSPS) is 15.6. The van der Waals surface area contributed by atoms with Crippen molar-refractivity contribution in [1.82, 2.24) is 5.32 Å². The summed E-state index contributed by atoms with van der Waals surface area (Å²) in [6.45, 7) is 3.64. The quantitative estimate of drug-likeness (QED) is 0.257. The molecule has 0 bridgehead atoms. The van der Waals surface area contributed by atoms with Gasteiger partial charge < -0.3 is 19.5 Å². The summed E-state index contributed by atoms with van der Waals surface area (Å²) >= 11 is 0. The van der Waals surface area contributed by atoms with Crippen LogP contribution in [0, 0.1) is 10.1 Å². The third kappa shape index (κ3) is 5.68. The molecule has 2 aromatic carbocycles. The zero-order valence-corrected chi connectivity index (χ0v) is 19.2. The molecular weight excluding hydrogens is 440 g/mol. The van der Waals surface area contributed by atoms with Gasteiger partial charge in [0.05, 0.1) is 28.6 Å². The lowest BCUT2D eigenvalue weighted by Crippen LogP contribution is -2.32. The molecule has 34 heavy (non-hydrogen) atoms. The lowest BCUT2D eigenvalue weighted by atomic mass is 9.80. The number of carbonyl (C=O) groups is 2. The van der Waals surface area contributed by atoms with Gasteiger partial charge >= 0.3 is 11.9 Å². The van der Waals surface area contributed by atoms with E-state index in [0.29, 0.717) is 17.0 Å². The molecule has 1 unspecified atom stereocenters. The first-order valence-electron chi connectivity index (χ1n) is 10.6. The Morgan fingerprint density at radius 2 is 1.59 bits per heavy atom. The number of esters is 2. The number of hydrogen-bond acceptors (Lipinski definition) is 8. The van der Waals surface area contributed by atoms with Crippen LogP contribution in [-0.2, 0) is 30.4 Å². The van der Waals surface area contributed by atoms with Gasteiger partial charge in [-0.3, -0.25) is 10.1 Å². The fourth-order valence-electron chi connectivity index (χ4n) is 3.78. The minimum atomic E-state index is -0.917. The summed E-state index contributed by atoms with van der Waals surface area (Å²) in [5, 5.41) is 14.5. The lowest BCUT2D eigenvalue weighted by Gasteiger charge is -2.30. The molecule has 0 saturated carbocycles. The Bertz CT molecular complexity index is 1140. The maximum absolute atomic E-state index is 13.3. The van der Waals surface area contributed by atoms with Crippen LogP contribution in [0.3, 0.4) is 0 Å². The smallest absolute Gasteiger partial charge is 0.337 e. The third-order valence-electron chi connectivity index (χ3n) is 5.35. The van der Waals surface area contributed by atoms with E-state index in [2.05, 4.69) is 5.32 Å². The number of nitrogens with zero attached hydrogens (tertiary/aromatic N) is 1. The van der Waals surface area contributed by atoms with Gasteiger partial charge in [-0.25, -0.2) is 9.59 Å². The number of rotatable bonds is 9. The Hall–Kier alpha value is -3.98. The molecule has 2 aromatic rings. The first-order valence-corrected chi connectivity index (χ1v) is 10.6. The van der Waals surface area contributed by atoms with Crippen molar-refractivity contribution in [3.63, 3.8) is 0 Å². The molecule has 3 rings (SSSR count). The Morgan fingerprint density at radius 1 is 0.941 bits per heavy atom. The van der Waals surface area contributed by atoms with Gasteiger partial charge in [0.2, 0.25) is 0 Å². The molecule has 0 fully saturated rings. The van der Waals surface area contributed by atoms with E-state index in [-0.39, 0.29) is 36.7 Å². The molecule has 1 N–H and O–H groups in total. The van der Waals surface area contributed by atoms with Crippen molar-refractivity contribution in [2.75, 3.05) is 20.3 Å². The minimum Gasteiger partial charge on any atom is -0.460 e. The van der Waals surface area contributed by atoms with Gasteiger partial charge in [0.1, 0.15) is 13.2 Å². The molecule has 0 amide bonds. The van der Waals surface area contributed by atoms with Crippen molar-refractivity contribution in [3.05, 3.63) is 98.4 Å². The highest BCUT2D eigenvalue weighted by Crippen LogP contribution is 2.40. The first kappa shape index (κ1) is 24.7. The topological polar surface area (TPSA) is 117 Å². The molecule has 0 aromatic heterocycles. The van der Waals surface area contributed by atoms with Crippen LogP contribution in [-0.4, -0.2) is 37.2 Å². The summed E-state index contributed by atoms with van der Waals surface area (Å²) in [4.78, 5) is 37.2.